The Kier molecular flexibility index (Phi) is 4.47. The van der Waals surface area contributed by atoms with Crippen LogP contribution < -0.4 is 0 Å². The number of pyridine rings is 1. The highest BCUT2D eigenvalue weighted by molar-refractivity contribution is 5.77. The summed E-state index contributed by atoms with van der Waals surface area (Å²) in [6.07, 6.45) is 9.70. The zero-order chi connectivity index (χ0) is 18.9. The van der Waals surface area contributed by atoms with E-state index in [0.717, 1.165) is 36.5 Å². The van der Waals surface area contributed by atoms with Crippen LogP contribution in [0.4, 0.5) is 0 Å². The molecule has 144 valence electrons. The summed E-state index contributed by atoms with van der Waals surface area (Å²) in [5.74, 6) is 0.177. The standard InChI is InChI=1S/C22H25N5O/c28-21(11-10-18-16-6-1-2-7-17(16)24-25-18)27-15-14-26-13-5-9-20(26)22(27)19-8-3-4-12-23-19/h3-5,8-9,12-13,22H,1-2,6-7,10-11,14-15H2,(H,24,25). The Hall–Kier alpha value is -2.89. The highest BCUT2D eigenvalue weighted by Gasteiger charge is 2.32. The number of fused-ring (bicyclic) bond motifs is 2. The number of hydrogen-bond acceptors (Lipinski definition) is 3. The van der Waals surface area contributed by atoms with Crippen LogP contribution in [0.3, 0.4) is 0 Å². The van der Waals surface area contributed by atoms with Crippen molar-refractivity contribution in [2.24, 2.45) is 0 Å². The molecule has 4 heterocycles. The van der Waals surface area contributed by atoms with Crippen molar-refractivity contribution in [1.29, 1.82) is 0 Å². The summed E-state index contributed by atoms with van der Waals surface area (Å²) >= 11 is 0. The predicted molar refractivity (Wildman–Crippen MR) is 106 cm³/mol. The van der Waals surface area contributed by atoms with Crippen LogP contribution in [0.1, 0.15) is 53.6 Å². The molecule has 1 atom stereocenters. The van der Waals surface area contributed by atoms with Crippen LogP contribution in [-0.2, 0) is 30.6 Å². The van der Waals surface area contributed by atoms with E-state index in [1.54, 1.807) is 6.20 Å². The van der Waals surface area contributed by atoms with E-state index in [1.807, 2.05) is 23.1 Å². The maximum Gasteiger partial charge on any atom is 0.223 e. The van der Waals surface area contributed by atoms with Gasteiger partial charge < -0.3 is 9.47 Å². The third kappa shape index (κ3) is 3.03. The second-order valence-electron chi connectivity index (χ2n) is 7.71. The van der Waals surface area contributed by atoms with E-state index in [2.05, 4.69) is 38.1 Å². The molecule has 6 nitrogen and oxygen atoms in total. The smallest absolute Gasteiger partial charge is 0.223 e. The molecule has 5 rings (SSSR count). The van der Waals surface area contributed by atoms with Crippen LogP contribution in [0.25, 0.3) is 0 Å². The van der Waals surface area contributed by atoms with Crippen LogP contribution in [-0.4, -0.2) is 37.1 Å². The molecule has 0 radical (unpaired) electrons. The maximum absolute atomic E-state index is 13.2. The van der Waals surface area contributed by atoms with Crippen molar-refractivity contribution in [1.82, 2.24) is 24.6 Å². The molecule has 0 spiro atoms. The van der Waals surface area contributed by atoms with Crippen molar-refractivity contribution in [3.63, 3.8) is 0 Å². The average Bonchev–Trinajstić information content (AvgIpc) is 3.39. The molecule has 0 bridgehead atoms. The molecule has 28 heavy (non-hydrogen) atoms. The first-order valence-corrected chi connectivity index (χ1v) is 10.2. The first-order valence-electron chi connectivity index (χ1n) is 10.2. The minimum Gasteiger partial charge on any atom is -0.347 e. The first kappa shape index (κ1) is 17.2. The van der Waals surface area contributed by atoms with Gasteiger partial charge in [0.2, 0.25) is 5.91 Å². The number of nitrogens with zero attached hydrogens (tertiary/aromatic N) is 4. The van der Waals surface area contributed by atoms with Gasteiger partial charge in [-0.2, -0.15) is 5.10 Å². The number of amides is 1. The molecule has 0 saturated carbocycles. The fourth-order valence-corrected chi connectivity index (χ4v) is 4.63. The molecule has 6 heteroatoms. The van der Waals surface area contributed by atoms with Gasteiger partial charge in [0.25, 0.3) is 0 Å². The molecule has 1 N–H and O–H groups in total. The fraction of sp³-hybridized carbons (Fsp3) is 0.409. The minimum absolute atomic E-state index is 0.120. The number of carbonyl (C=O) groups is 1. The molecule has 1 aliphatic carbocycles. The summed E-state index contributed by atoms with van der Waals surface area (Å²) in [5, 5.41) is 7.69. The van der Waals surface area contributed by atoms with Crippen molar-refractivity contribution in [3.05, 3.63) is 71.1 Å². The molecule has 1 aliphatic heterocycles. The average molecular weight is 375 g/mol. The van der Waals surface area contributed by atoms with Gasteiger partial charge in [0.05, 0.1) is 11.4 Å². The van der Waals surface area contributed by atoms with E-state index >= 15 is 0 Å². The Morgan fingerprint density at radius 3 is 2.96 bits per heavy atom. The van der Waals surface area contributed by atoms with Crippen LogP contribution in [0.5, 0.6) is 0 Å². The molecular formula is C22H25N5O. The highest BCUT2D eigenvalue weighted by Crippen LogP contribution is 2.32. The van der Waals surface area contributed by atoms with Crippen LogP contribution in [0, 0.1) is 0 Å². The van der Waals surface area contributed by atoms with Gasteiger partial charge in [0.15, 0.2) is 0 Å². The van der Waals surface area contributed by atoms with Gasteiger partial charge in [-0.25, -0.2) is 0 Å². The third-order valence-corrected chi connectivity index (χ3v) is 6.04. The lowest BCUT2D eigenvalue weighted by Gasteiger charge is -2.36. The number of carbonyl (C=O) groups excluding carboxylic acids is 1. The van der Waals surface area contributed by atoms with Crippen molar-refractivity contribution in [3.8, 4) is 0 Å². The van der Waals surface area contributed by atoms with E-state index in [9.17, 15) is 4.79 Å². The molecule has 1 amide bonds. The van der Waals surface area contributed by atoms with Gasteiger partial charge >= 0.3 is 0 Å². The summed E-state index contributed by atoms with van der Waals surface area (Å²) in [6.45, 7) is 1.54. The van der Waals surface area contributed by atoms with Crippen molar-refractivity contribution < 1.29 is 4.79 Å². The zero-order valence-corrected chi connectivity index (χ0v) is 16.0. The second kappa shape index (κ2) is 7.26. The third-order valence-electron chi connectivity index (χ3n) is 6.04. The quantitative estimate of drug-likeness (QED) is 0.762. The lowest BCUT2D eigenvalue weighted by molar-refractivity contribution is -0.134. The summed E-state index contributed by atoms with van der Waals surface area (Å²) in [5.41, 5.74) is 5.77. The van der Waals surface area contributed by atoms with Crippen molar-refractivity contribution in [2.45, 2.75) is 51.1 Å². The van der Waals surface area contributed by atoms with Crippen molar-refractivity contribution in [2.75, 3.05) is 6.54 Å². The summed E-state index contributed by atoms with van der Waals surface area (Å²) in [4.78, 5) is 19.8. The largest absolute Gasteiger partial charge is 0.347 e. The van der Waals surface area contributed by atoms with Gasteiger partial charge in [-0.05, 0) is 55.5 Å². The monoisotopic (exact) mass is 375 g/mol. The van der Waals surface area contributed by atoms with Gasteiger partial charge in [-0.15, -0.1) is 0 Å². The number of H-pyrrole nitrogens is 1. The Labute approximate surface area is 164 Å². The lowest BCUT2D eigenvalue weighted by Crippen LogP contribution is -2.42. The number of nitrogens with one attached hydrogen (secondary N) is 1. The zero-order valence-electron chi connectivity index (χ0n) is 16.0. The Bertz CT molecular complexity index is 974. The van der Waals surface area contributed by atoms with Crippen molar-refractivity contribution >= 4 is 5.91 Å². The fourth-order valence-electron chi connectivity index (χ4n) is 4.63. The molecule has 1 unspecified atom stereocenters. The number of aromatic nitrogens is 4. The summed E-state index contributed by atoms with van der Waals surface area (Å²) in [7, 11) is 0. The minimum atomic E-state index is -0.120. The molecule has 0 saturated heterocycles. The number of rotatable bonds is 4. The Morgan fingerprint density at radius 2 is 2.07 bits per heavy atom. The molecule has 3 aromatic rings. The molecular weight excluding hydrogens is 350 g/mol. The maximum atomic E-state index is 13.2. The van der Waals surface area contributed by atoms with E-state index in [4.69, 9.17) is 0 Å². The summed E-state index contributed by atoms with van der Waals surface area (Å²) in [6, 6.07) is 9.95. The van der Waals surface area contributed by atoms with Gasteiger partial charge in [0, 0.05) is 49.7 Å². The number of hydrogen-bond donors (Lipinski definition) is 1. The summed E-state index contributed by atoms with van der Waals surface area (Å²) < 4.78 is 2.23. The molecule has 0 fully saturated rings. The molecule has 3 aromatic heterocycles. The molecule has 0 aromatic carbocycles. The second-order valence-corrected chi connectivity index (χ2v) is 7.71. The number of aryl methyl sites for hydroxylation is 2. The van der Waals surface area contributed by atoms with Gasteiger partial charge in [-0.1, -0.05) is 6.07 Å². The van der Waals surface area contributed by atoms with E-state index in [1.165, 1.54) is 24.1 Å². The molecule has 2 aliphatic rings. The van der Waals surface area contributed by atoms with Crippen LogP contribution in [0.15, 0.2) is 42.7 Å². The van der Waals surface area contributed by atoms with E-state index in [-0.39, 0.29) is 11.9 Å². The Morgan fingerprint density at radius 1 is 1.14 bits per heavy atom. The van der Waals surface area contributed by atoms with Gasteiger partial charge in [-0.3, -0.25) is 14.9 Å². The SMILES string of the molecule is O=C(CCc1n[nH]c2c1CCCC2)N1CCn2cccc2C1c1ccccn1. The predicted octanol–water partition coefficient (Wildman–Crippen LogP) is 3.05. The van der Waals surface area contributed by atoms with Crippen LogP contribution in [0.2, 0.25) is 0 Å². The highest BCUT2D eigenvalue weighted by atomic mass is 16.2. The first-order chi connectivity index (χ1) is 13.8. The van der Waals surface area contributed by atoms with E-state index < -0.39 is 0 Å². The number of aromatic amines is 1. The van der Waals surface area contributed by atoms with Crippen LogP contribution >= 0.6 is 0 Å². The van der Waals surface area contributed by atoms with Gasteiger partial charge in [0.1, 0.15) is 6.04 Å². The topological polar surface area (TPSA) is 66.8 Å². The lowest BCUT2D eigenvalue weighted by atomic mass is 9.94. The van der Waals surface area contributed by atoms with E-state index in [0.29, 0.717) is 19.4 Å². The normalized spacial score (nSPS) is 18.6. The Balaban J connectivity index is 1.37.